The van der Waals surface area contributed by atoms with Gasteiger partial charge in [0, 0.05) is 24.7 Å². The molecule has 1 fully saturated rings. The van der Waals surface area contributed by atoms with Crippen molar-refractivity contribution in [2.75, 3.05) is 7.11 Å². The number of carbonyl (C=O) groups excluding carboxylic acids is 2. The number of carbonyl (C=O) groups is 2. The Bertz CT molecular complexity index is 582. The molecule has 0 aromatic rings. The van der Waals surface area contributed by atoms with Gasteiger partial charge < -0.3 is 14.9 Å². The van der Waals surface area contributed by atoms with Crippen molar-refractivity contribution in [3.8, 4) is 0 Å². The van der Waals surface area contributed by atoms with Crippen LogP contribution in [0, 0.1) is 17.8 Å². The number of ether oxygens (including phenoxy) is 1. The number of aliphatic hydroxyl groups excluding tert-OH is 1. The first-order valence-corrected chi connectivity index (χ1v) is 11.6. The number of aliphatic hydroxyl groups is 2. The van der Waals surface area contributed by atoms with Crippen LogP contribution >= 0.6 is 0 Å². The topological polar surface area (TPSA) is 83.8 Å². The Morgan fingerprint density at radius 3 is 2.60 bits per heavy atom. The lowest BCUT2D eigenvalue weighted by molar-refractivity contribution is -0.141. The number of rotatable bonds is 14. The minimum absolute atomic E-state index is 0.0782. The summed E-state index contributed by atoms with van der Waals surface area (Å²) in [5.74, 6) is -0.406. The average molecular weight is 423 g/mol. The fourth-order valence-corrected chi connectivity index (χ4v) is 4.12. The van der Waals surface area contributed by atoms with Crippen LogP contribution in [0.2, 0.25) is 0 Å². The molecule has 30 heavy (non-hydrogen) atoms. The molecule has 1 unspecified atom stereocenters. The maximum absolute atomic E-state index is 12.4. The Kier molecular flexibility index (Phi) is 12.2. The largest absolute Gasteiger partial charge is 0.469 e. The van der Waals surface area contributed by atoms with E-state index in [1.807, 2.05) is 31.2 Å². The summed E-state index contributed by atoms with van der Waals surface area (Å²) in [6, 6.07) is 0. The summed E-state index contributed by atoms with van der Waals surface area (Å²) in [5.41, 5.74) is -0.872. The molecule has 1 aliphatic rings. The van der Waals surface area contributed by atoms with Crippen LogP contribution in [0.5, 0.6) is 0 Å². The molecule has 1 aliphatic carbocycles. The molecule has 0 saturated heterocycles. The van der Waals surface area contributed by atoms with Gasteiger partial charge in [0.05, 0.1) is 18.8 Å². The fraction of sp³-hybridized carbons (Fsp3) is 0.760. The summed E-state index contributed by atoms with van der Waals surface area (Å²) in [5, 5.41) is 21.2. The second kappa shape index (κ2) is 13.8. The van der Waals surface area contributed by atoms with Crippen molar-refractivity contribution in [1.29, 1.82) is 0 Å². The van der Waals surface area contributed by atoms with Gasteiger partial charge in [0.1, 0.15) is 5.78 Å². The zero-order valence-corrected chi connectivity index (χ0v) is 19.3. The van der Waals surface area contributed by atoms with Gasteiger partial charge in [-0.1, -0.05) is 70.8 Å². The molecule has 172 valence electrons. The van der Waals surface area contributed by atoms with Crippen LogP contribution in [0.4, 0.5) is 0 Å². The lowest BCUT2D eigenvalue weighted by Crippen LogP contribution is -2.26. The molecular formula is C25H42O5. The summed E-state index contributed by atoms with van der Waals surface area (Å²) < 4.78 is 4.74. The average Bonchev–Trinajstić information content (AvgIpc) is 3.00. The van der Waals surface area contributed by atoms with Gasteiger partial charge in [0.2, 0.25) is 0 Å². The Balaban J connectivity index is 2.71. The lowest BCUT2D eigenvalue weighted by Gasteiger charge is -2.24. The summed E-state index contributed by atoms with van der Waals surface area (Å²) in [6.07, 6.45) is 14.3. The third-order valence-corrected chi connectivity index (χ3v) is 6.47. The van der Waals surface area contributed by atoms with E-state index >= 15 is 0 Å². The Morgan fingerprint density at radius 2 is 2.00 bits per heavy atom. The van der Waals surface area contributed by atoms with Crippen LogP contribution < -0.4 is 0 Å². The van der Waals surface area contributed by atoms with E-state index in [0.29, 0.717) is 25.7 Å². The molecule has 1 saturated carbocycles. The van der Waals surface area contributed by atoms with E-state index in [2.05, 4.69) is 13.8 Å². The van der Waals surface area contributed by atoms with E-state index in [4.69, 9.17) is 4.74 Å². The van der Waals surface area contributed by atoms with Gasteiger partial charge in [-0.15, -0.1) is 0 Å². The van der Waals surface area contributed by atoms with Crippen LogP contribution in [-0.4, -0.2) is 40.8 Å². The number of hydrogen-bond donors (Lipinski definition) is 2. The first-order chi connectivity index (χ1) is 14.3. The van der Waals surface area contributed by atoms with Crippen LogP contribution in [0.3, 0.4) is 0 Å². The highest BCUT2D eigenvalue weighted by atomic mass is 16.5. The highest BCUT2D eigenvalue weighted by molar-refractivity contribution is 5.84. The Morgan fingerprint density at radius 1 is 1.27 bits per heavy atom. The molecular weight excluding hydrogens is 380 g/mol. The maximum atomic E-state index is 12.4. The van der Waals surface area contributed by atoms with Crippen LogP contribution in [0.25, 0.3) is 0 Å². The highest BCUT2D eigenvalue weighted by Gasteiger charge is 2.39. The number of allylic oxidation sites excluding steroid dienone is 2. The molecule has 0 aromatic heterocycles. The lowest BCUT2D eigenvalue weighted by atomic mass is 9.86. The summed E-state index contributed by atoms with van der Waals surface area (Å²) in [7, 11) is 1.40. The van der Waals surface area contributed by atoms with Gasteiger partial charge in [-0.3, -0.25) is 9.59 Å². The third-order valence-electron chi connectivity index (χ3n) is 6.47. The molecule has 5 heteroatoms. The zero-order chi connectivity index (χ0) is 22.6. The smallest absolute Gasteiger partial charge is 0.305 e. The van der Waals surface area contributed by atoms with Crippen molar-refractivity contribution in [3.63, 3.8) is 0 Å². The van der Waals surface area contributed by atoms with E-state index in [1.54, 1.807) is 0 Å². The number of ketones is 1. The van der Waals surface area contributed by atoms with Crippen molar-refractivity contribution < 1.29 is 24.5 Å². The van der Waals surface area contributed by atoms with Gasteiger partial charge in [-0.05, 0) is 31.6 Å². The summed E-state index contributed by atoms with van der Waals surface area (Å²) >= 11 is 0. The van der Waals surface area contributed by atoms with Crippen molar-refractivity contribution in [1.82, 2.24) is 0 Å². The van der Waals surface area contributed by atoms with Crippen LogP contribution in [-0.2, 0) is 14.3 Å². The second-order valence-corrected chi connectivity index (χ2v) is 8.69. The molecule has 0 amide bonds. The molecule has 0 radical (unpaired) electrons. The first-order valence-electron chi connectivity index (χ1n) is 11.6. The van der Waals surface area contributed by atoms with Crippen molar-refractivity contribution in [2.45, 2.75) is 96.7 Å². The van der Waals surface area contributed by atoms with Gasteiger partial charge in [0.15, 0.2) is 0 Å². The van der Waals surface area contributed by atoms with Gasteiger partial charge in [-0.2, -0.15) is 0 Å². The maximum Gasteiger partial charge on any atom is 0.305 e. The minimum atomic E-state index is -0.872. The third kappa shape index (κ3) is 8.73. The number of methoxy groups -OCH3 is 1. The van der Waals surface area contributed by atoms with E-state index < -0.39 is 11.7 Å². The van der Waals surface area contributed by atoms with E-state index in [0.717, 1.165) is 32.1 Å². The molecule has 0 spiro atoms. The predicted octanol–water partition coefficient (Wildman–Crippen LogP) is 4.76. The molecule has 2 N–H and O–H groups in total. The molecule has 1 rings (SSSR count). The van der Waals surface area contributed by atoms with Gasteiger partial charge in [-0.25, -0.2) is 0 Å². The molecule has 0 bridgehead atoms. The SMILES string of the molecule is CCCCC[C@@](O)(/C=C/[C@H]1[C@H](O)CC(=O)[C@@H]1C/C=C\CC(CC)CC(=O)OC)CC. The van der Waals surface area contributed by atoms with Gasteiger partial charge in [0.25, 0.3) is 0 Å². The monoisotopic (exact) mass is 422 g/mol. The van der Waals surface area contributed by atoms with E-state index in [1.165, 1.54) is 7.11 Å². The first kappa shape index (κ1) is 26.6. The minimum Gasteiger partial charge on any atom is -0.469 e. The predicted molar refractivity (Wildman–Crippen MR) is 120 cm³/mol. The number of Topliss-reactive ketones (excluding diaryl/α,β-unsaturated/α-hetero) is 1. The zero-order valence-electron chi connectivity index (χ0n) is 19.3. The van der Waals surface area contributed by atoms with E-state index in [9.17, 15) is 19.8 Å². The Labute approximate surface area is 182 Å². The Hall–Kier alpha value is -1.46. The summed E-state index contributed by atoms with van der Waals surface area (Å²) in [4.78, 5) is 23.9. The normalized spacial score (nSPS) is 25.1. The van der Waals surface area contributed by atoms with E-state index in [-0.39, 0.29) is 35.9 Å². The molecule has 5 nitrogen and oxygen atoms in total. The highest BCUT2D eigenvalue weighted by Crippen LogP contribution is 2.34. The fourth-order valence-electron chi connectivity index (χ4n) is 4.12. The van der Waals surface area contributed by atoms with Crippen molar-refractivity contribution >= 4 is 11.8 Å². The van der Waals surface area contributed by atoms with Crippen molar-refractivity contribution in [3.05, 3.63) is 24.3 Å². The quantitative estimate of drug-likeness (QED) is 0.240. The molecule has 0 heterocycles. The van der Waals surface area contributed by atoms with Gasteiger partial charge >= 0.3 is 5.97 Å². The number of esters is 1. The number of unbranched alkanes of at least 4 members (excludes halogenated alkanes) is 2. The molecule has 0 aliphatic heterocycles. The standard InChI is InChI=1S/C25H42O5/c1-5-8-11-15-25(29,7-3)16-14-21-20(22(26)18-23(21)27)13-10-9-12-19(6-2)17-24(28)30-4/h9-10,14,16,19-21,23,27,29H,5-8,11-13,15,17-18H2,1-4H3/b10-9-,16-14+/t19?,20-,21-,23-,25-/m1/s1. The molecule has 5 atom stereocenters. The molecule has 0 aromatic carbocycles. The van der Waals surface area contributed by atoms with Crippen LogP contribution in [0.15, 0.2) is 24.3 Å². The second-order valence-electron chi connectivity index (χ2n) is 8.69. The van der Waals surface area contributed by atoms with Crippen molar-refractivity contribution in [2.24, 2.45) is 17.8 Å². The summed E-state index contributed by atoms with van der Waals surface area (Å²) in [6.45, 7) is 6.15. The number of hydrogen-bond acceptors (Lipinski definition) is 5. The van der Waals surface area contributed by atoms with Crippen LogP contribution in [0.1, 0.15) is 85.0 Å².